The molecule has 2 amide bonds. The number of carbonyl (C=O) groups excluding carboxylic acids is 2. The third-order valence-electron chi connectivity index (χ3n) is 5.23. The minimum Gasteiger partial charge on any atom is -0.325 e. The molecule has 0 atom stereocenters. The van der Waals surface area contributed by atoms with Crippen LogP contribution in [0.25, 0.3) is 0 Å². The molecular formula is C20H18F4N2O3. The predicted octanol–water partition coefficient (Wildman–Crippen LogP) is 4.41. The quantitative estimate of drug-likeness (QED) is 0.397. The zero-order chi connectivity index (χ0) is 21.2. The summed E-state index contributed by atoms with van der Waals surface area (Å²) in [5, 5.41) is 11.3. The second-order valence-corrected chi connectivity index (χ2v) is 6.95. The van der Waals surface area contributed by atoms with Gasteiger partial charge in [0, 0.05) is 11.3 Å². The SMILES string of the molecule is O=C(NO)c1ccc(NC(=O)C2(c3ccc(C(F)(F)F)c(F)c3)CCCC2)cc1. The summed E-state index contributed by atoms with van der Waals surface area (Å²) < 4.78 is 52.7. The fourth-order valence-corrected chi connectivity index (χ4v) is 3.69. The standard InChI is InChI=1S/C20H18F4N2O3/c21-16-11-13(5-8-15(16)20(22,23)24)19(9-1-2-10-19)18(28)25-14-6-3-12(4-7-14)17(27)26-29/h3-8,11,29H,1-2,9-10H2,(H,25,28)(H,26,27). The lowest BCUT2D eigenvalue weighted by Gasteiger charge is -2.29. The van der Waals surface area contributed by atoms with E-state index in [4.69, 9.17) is 5.21 Å². The van der Waals surface area contributed by atoms with Crippen LogP contribution in [0.3, 0.4) is 0 Å². The Labute approximate surface area is 163 Å². The van der Waals surface area contributed by atoms with Gasteiger partial charge in [0.2, 0.25) is 5.91 Å². The van der Waals surface area contributed by atoms with Gasteiger partial charge in [-0.2, -0.15) is 13.2 Å². The summed E-state index contributed by atoms with van der Waals surface area (Å²) in [7, 11) is 0. The highest BCUT2D eigenvalue weighted by atomic mass is 19.4. The molecule has 1 aliphatic rings. The van der Waals surface area contributed by atoms with Gasteiger partial charge in [-0.3, -0.25) is 14.8 Å². The number of anilines is 1. The Bertz CT molecular complexity index is 920. The first kappa shape index (κ1) is 20.8. The minimum absolute atomic E-state index is 0.172. The molecule has 0 aromatic heterocycles. The Morgan fingerprint density at radius 2 is 1.62 bits per heavy atom. The number of hydroxylamine groups is 1. The van der Waals surface area contributed by atoms with Gasteiger partial charge in [0.1, 0.15) is 5.82 Å². The van der Waals surface area contributed by atoms with Crippen LogP contribution >= 0.6 is 0 Å². The number of halogens is 4. The van der Waals surface area contributed by atoms with Crippen molar-refractivity contribution in [3.63, 3.8) is 0 Å². The lowest BCUT2D eigenvalue weighted by Crippen LogP contribution is -2.38. The summed E-state index contributed by atoms with van der Waals surface area (Å²) in [6, 6.07) is 8.31. The summed E-state index contributed by atoms with van der Waals surface area (Å²) >= 11 is 0. The first-order valence-corrected chi connectivity index (χ1v) is 8.90. The number of hydrogen-bond acceptors (Lipinski definition) is 3. The zero-order valence-corrected chi connectivity index (χ0v) is 15.1. The molecule has 0 heterocycles. The van der Waals surface area contributed by atoms with E-state index in [0.29, 0.717) is 37.4 Å². The summed E-state index contributed by atoms with van der Waals surface area (Å²) in [5.41, 5.74) is -0.269. The summed E-state index contributed by atoms with van der Waals surface area (Å²) in [6.07, 6.45) is -2.67. The third-order valence-corrected chi connectivity index (χ3v) is 5.23. The molecule has 0 aliphatic heterocycles. The molecular weight excluding hydrogens is 392 g/mol. The van der Waals surface area contributed by atoms with Gasteiger partial charge in [0.05, 0.1) is 11.0 Å². The van der Waals surface area contributed by atoms with Crippen LogP contribution in [0, 0.1) is 5.82 Å². The van der Waals surface area contributed by atoms with Gasteiger partial charge in [-0.1, -0.05) is 18.9 Å². The molecule has 5 nitrogen and oxygen atoms in total. The van der Waals surface area contributed by atoms with Gasteiger partial charge < -0.3 is 5.32 Å². The van der Waals surface area contributed by atoms with Crippen molar-refractivity contribution in [1.82, 2.24) is 5.48 Å². The molecule has 29 heavy (non-hydrogen) atoms. The van der Waals surface area contributed by atoms with Crippen LogP contribution in [-0.2, 0) is 16.4 Å². The topological polar surface area (TPSA) is 78.4 Å². The fourth-order valence-electron chi connectivity index (χ4n) is 3.69. The number of nitrogens with one attached hydrogen (secondary N) is 2. The van der Waals surface area contributed by atoms with Crippen molar-refractivity contribution in [2.24, 2.45) is 0 Å². The highest BCUT2D eigenvalue weighted by molar-refractivity contribution is 6.00. The molecule has 9 heteroatoms. The minimum atomic E-state index is -4.81. The maximum Gasteiger partial charge on any atom is 0.419 e. The Hall–Kier alpha value is -2.94. The molecule has 0 unspecified atom stereocenters. The van der Waals surface area contributed by atoms with E-state index < -0.39 is 34.8 Å². The average Bonchev–Trinajstić information content (AvgIpc) is 3.18. The van der Waals surface area contributed by atoms with E-state index in [-0.39, 0.29) is 11.1 Å². The molecule has 0 bridgehead atoms. The van der Waals surface area contributed by atoms with E-state index >= 15 is 0 Å². The zero-order valence-electron chi connectivity index (χ0n) is 15.1. The van der Waals surface area contributed by atoms with Crippen LogP contribution in [0.15, 0.2) is 42.5 Å². The normalized spacial score (nSPS) is 15.8. The Kier molecular flexibility index (Phi) is 5.61. The first-order valence-electron chi connectivity index (χ1n) is 8.90. The first-order chi connectivity index (χ1) is 13.7. The Morgan fingerprint density at radius 3 is 2.14 bits per heavy atom. The second kappa shape index (κ2) is 7.82. The van der Waals surface area contributed by atoms with E-state index in [1.54, 1.807) is 0 Å². The van der Waals surface area contributed by atoms with Gasteiger partial charge in [-0.15, -0.1) is 0 Å². The number of carbonyl (C=O) groups is 2. The van der Waals surface area contributed by atoms with Gasteiger partial charge >= 0.3 is 6.18 Å². The lowest BCUT2D eigenvalue weighted by atomic mass is 9.77. The monoisotopic (exact) mass is 410 g/mol. The summed E-state index contributed by atoms with van der Waals surface area (Å²) in [5.74, 6) is -2.57. The van der Waals surface area contributed by atoms with Gasteiger partial charge in [0.15, 0.2) is 0 Å². The molecule has 0 spiro atoms. The molecule has 1 fully saturated rings. The lowest BCUT2D eigenvalue weighted by molar-refractivity contribution is -0.140. The predicted molar refractivity (Wildman–Crippen MR) is 95.9 cm³/mol. The van der Waals surface area contributed by atoms with E-state index in [1.165, 1.54) is 29.7 Å². The molecule has 3 N–H and O–H groups in total. The van der Waals surface area contributed by atoms with Crippen LogP contribution in [-0.4, -0.2) is 17.0 Å². The highest BCUT2D eigenvalue weighted by Gasteiger charge is 2.44. The van der Waals surface area contributed by atoms with E-state index in [1.807, 2.05) is 0 Å². The maximum absolute atomic E-state index is 14.1. The van der Waals surface area contributed by atoms with Crippen molar-refractivity contribution in [2.75, 3.05) is 5.32 Å². The van der Waals surface area contributed by atoms with Gasteiger partial charge in [0.25, 0.3) is 5.91 Å². The highest BCUT2D eigenvalue weighted by Crippen LogP contribution is 2.43. The van der Waals surface area contributed by atoms with E-state index in [2.05, 4.69) is 5.32 Å². The molecule has 154 valence electrons. The molecule has 1 aliphatic carbocycles. The summed E-state index contributed by atoms with van der Waals surface area (Å²) in [6.45, 7) is 0. The van der Waals surface area contributed by atoms with Crippen molar-refractivity contribution in [2.45, 2.75) is 37.3 Å². The van der Waals surface area contributed by atoms with Crippen molar-refractivity contribution < 1.29 is 32.4 Å². The number of amides is 2. The third kappa shape index (κ3) is 4.09. The van der Waals surface area contributed by atoms with Crippen LogP contribution in [0.4, 0.5) is 23.2 Å². The number of benzene rings is 2. The number of alkyl halides is 3. The largest absolute Gasteiger partial charge is 0.419 e. The summed E-state index contributed by atoms with van der Waals surface area (Å²) in [4.78, 5) is 24.4. The van der Waals surface area contributed by atoms with Crippen LogP contribution in [0.5, 0.6) is 0 Å². The average molecular weight is 410 g/mol. The maximum atomic E-state index is 14.1. The van der Waals surface area contributed by atoms with Crippen molar-refractivity contribution >= 4 is 17.5 Å². The molecule has 0 radical (unpaired) electrons. The number of rotatable bonds is 4. The Balaban J connectivity index is 1.88. The van der Waals surface area contributed by atoms with E-state index in [9.17, 15) is 27.2 Å². The van der Waals surface area contributed by atoms with Crippen LogP contribution in [0.1, 0.15) is 47.2 Å². The van der Waals surface area contributed by atoms with Crippen molar-refractivity contribution in [1.29, 1.82) is 0 Å². The van der Waals surface area contributed by atoms with Crippen molar-refractivity contribution in [3.8, 4) is 0 Å². The van der Waals surface area contributed by atoms with Crippen molar-refractivity contribution in [3.05, 3.63) is 65.0 Å². The van der Waals surface area contributed by atoms with Gasteiger partial charge in [-0.05, 0) is 54.8 Å². The van der Waals surface area contributed by atoms with E-state index in [0.717, 1.165) is 12.1 Å². The Morgan fingerprint density at radius 1 is 1.00 bits per heavy atom. The second-order valence-electron chi connectivity index (χ2n) is 6.95. The molecule has 1 saturated carbocycles. The van der Waals surface area contributed by atoms with Gasteiger partial charge in [-0.25, -0.2) is 9.87 Å². The smallest absolute Gasteiger partial charge is 0.325 e. The molecule has 2 aromatic carbocycles. The molecule has 3 rings (SSSR count). The fraction of sp³-hybridized carbons (Fsp3) is 0.300. The van der Waals surface area contributed by atoms with Crippen LogP contribution in [0.2, 0.25) is 0 Å². The molecule has 2 aromatic rings. The van der Waals surface area contributed by atoms with Crippen LogP contribution < -0.4 is 10.8 Å². The molecule has 0 saturated heterocycles. The number of hydrogen-bond donors (Lipinski definition) is 3.